The number of likely N-dealkylation sites (tertiary alicyclic amines) is 1. The molecule has 1 saturated heterocycles. The number of amides is 1. The number of carbonyl (C=O) groups excluding carboxylic acids is 1. The first-order valence-corrected chi connectivity index (χ1v) is 10.1. The van der Waals surface area contributed by atoms with Crippen LogP contribution in [0.15, 0.2) is 42.9 Å². The first-order valence-electron chi connectivity index (χ1n) is 9.76. The van der Waals surface area contributed by atoms with Gasteiger partial charge in [-0.25, -0.2) is 4.68 Å². The Morgan fingerprint density at radius 1 is 1.32 bits per heavy atom. The van der Waals surface area contributed by atoms with Crippen molar-refractivity contribution in [2.24, 2.45) is 5.73 Å². The van der Waals surface area contributed by atoms with Gasteiger partial charge in [-0.2, -0.15) is 19.0 Å². The SMILES string of the molecule is NC1CCN(C(=O)Cn2cc(-n3cccn3)c(-c3cc(Cl)ccc3OC(F)F)n2)CC1. The van der Waals surface area contributed by atoms with E-state index >= 15 is 0 Å². The number of rotatable bonds is 6. The highest BCUT2D eigenvalue weighted by atomic mass is 35.5. The fraction of sp³-hybridized carbons (Fsp3) is 0.350. The zero-order chi connectivity index (χ0) is 22.0. The monoisotopic (exact) mass is 450 g/mol. The van der Waals surface area contributed by atoms with Crippen molar-refractivity contribution >= 4 is 17.5 Å². The van der Waals surface area contributed by atoms with E-state index in [0.29, 0.717) is 29.5 Å². The number of nitrogens with two attached hydrogens (primary N) is 1. The van der Waals surface area contributed by atoms with Crippen LogP contribution >= 0.6 is 11.6 Å². The van der Waals surface area contributed by atoms with E-state index in [1.165, 1.54) is 27.6 Å². The number of carbonyl (C=O) groups is 1. The number of piperidine rings is 1. The van der Waals surface area contributed by atoms with Gasteiger partial charge in [-0.1, -0.05) is 11.6 Å². The average Bonchev–Trinajstić information content (AvgIpc) is 3.39. The summed E-state index contributed by atoms with van der Waals surface area (Å²) >= 11 is 6.11. The van der Waals surface area contributed by atoms with E-state index in [-0.39, 0.29) is 29.8 Å². The van der Waals surface area contributed by atoms with E-state index in [4.69, 9.17) is 17.3 Å². The topological polar surface area (TPSA) is 91.2 Å². The van der Waals surface area contributed by atoms with Gasteiger partial charge in [0.2, 0.25) is 5.91 Å². The van der Waals surface area contributed by atoms with Crippen LogP contribution in [-0.2, 0) is 11.3 Å². The summed E-state index contributed by atoms with van der Waals surface area (Å²) in [5, 5.41) is 9.04. The van der Waals surface area contributed by atoms with Gasteiger partial charge in [0.05, 0.1) is 6.20 Å². The molecule has 0 bridgehead atoms. The molecule has 0 saturated carbocycles. The summed E-state index contributed by atoms with van der Waals surface area (Å²) in [5.41, 5.74) is 7.00. The maximum Gasteiger partial charge on any atom is 0.387 e. The van der Waals surface area contributed by atoms with Crippen molar-refractivity contribution in [2.45, 2.75) is 32.0 Å². The fourth-order valence-electron chi connectivity index (χ4n) is 3.54. The highest BCUT2D eigenvalue weighted by Crippen LogP contribution is 2.36. The third-order valence-corrected chi connectivity index (χ3v) is 5.33. The Hall–Kier alpha value is -2.98. The summed E-state index contributed by atoms with van der Waals surface area (Å²) in [6.45, 7) is -1.82. The molecule has 3 aromatic rings. The predicted molar refractivity (Wildman–Crippen MR) is 110 cm³/mol. The molecule has 1 amide bonds. The molecule has 31 heavy (non-hydrogen) atoms. The van der Waals surface area contributed by atoms with Gasteiger partial charge in [0.1, 0.15) is 23.7 Å². The summed E-state index contributed by atoms with van der Waals surface area (Å²) in [6.07, 6.45) is 6.43. The molecule has 0 atom stereocenters. The number of ether oxygens (including phenoxy) is 1. The third kappa shape index (κ3) is 4.86. The molecule has 1 fully saturated rings. The third-order valence-electron chi connectivity index (χ3n) is 5.10. The Morgan fingerprint density at radius 3 is 2.77 bits per heavy atom. The van der Waals surface area contributed by atoms with Crippen LogP contribution in [0.3, 0.4) is 0 Å². The second-order valence-corrected chi connectivity index (χ2v) is 7.68. The summed E-state index contributed by atoms with van der Waals surface area (Å²) < 4.78 is 33.6. The number of alkyl halides is 2. The van der Waals surface area contributed by atoms with Crippen molar-refractivity contribution < 1.29 is 18.3 Å². The van der Waals surface area contributed by atoms with E-state index in [1.54, 1.807) is 29.6 Å². The molecule has 1 aromatic carbocycles. The van der Waals surface area contributed by atoms with Crippen LogP contribution in [0.2, 0.25) is 5.02 Å². The number of hydrogen-bond acceptors (Lipinski definition) is 5. The number of hydrogen-bond donors (Lipinski definition) is 1. The van der Waals surface area contributed by atoms with Gasteiger partial charge >= 0.3 is 6.61 Å². The van der Waals surface area contributed by atoms with Crippen LogP contribution in [0.25, 0.3) is 16.9 Å². The van der Waals surface area contributed by atoms with Crippen molar-refractivity contribution in [3.8, 4) is 22.7 Å². The Balaban J connectivity index is 1.69. The zero-order valence-corrected chi connectivity index (χ0v) is 17.3. The van der Waals surface area contributed by atoms with Gasteiger partial charge in [0.25, 0.3) is 0 Å². The van der Waals surface area contributed by atoms with Gasteiger partial charge in [-0.15, -0.1) is 0 Å². The van der Waals surface area contributed by atoms with Crippen LogP contribution in [0.5, 0.6) is 5.75 Å². The van der Waals surface area contributed by atoms with E-state index < -0.39 is 6.61 Å². The Labute approximate surface area is 182 Å². The lowest BCUT2D eigenvalue weighted by Gasteiger charge is -2.30. The molecule has 164 valence electrons. The van der Waals surface area contributed by atoms with Crippen molar-refractivity contribution in [3.05, 3.63) is 47.9 Å². The maximum absolute atomic E-state index is 12.9. The number of nitrogens with zero attached hydrogens (tertiary/aromatic N) is 5. The van der Waals surface area contributed by atoms with Crippen LogP contribution in [0.1, 0.15) is 12.8 Å². The lowest BCUT2D eigenvalue weighted by Crippen LogP contribution is -2.44. The molecule has 2 aromatic heterocycles. The number of halogens is 3. The molecule has 0 unspecified atom stereocenters. The highest BCUT2D eigenvalue weighted by Gasteiger charge is 2.24. The quantitative estimate of drug-likeness (QED) is 0.623. The fourth-order valence-corrected chi connectivity index (χ4v) is 3.71. The minimum atomic E-state index is -3.01. The van der Waals surface area contributed by atoms with Crippen LogP contribution in [0.4, 0.5) is 8.78 Å². The van der Waals surface area contributed by atoms with Crippen LogP contribution in [0, 0.1) is 0 Å². The summed E-state index contributed by atoms with van der Waals surface area (Å²) in [6, 6.07) is 6.14. The summed E-state index contributed by atoms with van der Waals surface area (Å²) in [4.78, 5) is 14.5. The van der Waals surface area contributed by atoms with E-state index in [1.807, 2.05) is 0 Å². The molecule has 2 N–H and O–H groups in total. The zero-order valence-electron chi connectivity index (χ0n) is 16.5. The molecule has 0 radical (unpaired) electrons. The second-order valence-electron chi connectivity index (χ2n) is 7.25. The van der Waals surface area contributed by atoms with Crippen molar-refractivity contribution in [3.63, 3.8) is 0 Å². The van der Waals surface area contributed by atoms with Crippen molar-refractivity contribution in [1.82, 2.24) is 24.5 Å². The lowest BCUT2D eigenvalue weighted by molar-refractivity contribution is -0.133. The Kier molecular flexibility index (Phi) is 6.19. The normalized spacial score (nSPS) is 14.9. The van der Waals surface area contributed by atoms with Gasteiger partial charge in [-0.05, 0) is 37.1 Å². The molecular formula is C20H21ClF2N6O2. The first-order chi connectivity index (χ1) is 14.9. The molecule has 4 rings (SSSR count). The van der Waals surface area contributed by atoms with Crippen LogP contribution in [-0.4, -0.2) is 56.1 Å². The molecule has 8 nitrogen and oxygen atoms in total. The van der Waals surface area contributed by atoms with Crippen molar-refractivity contribution in [2.75, 3.05) is 13.1 Å². The van der Waals surface area contributed by atoms with Gasteiger partial charge in [0.15, 0.2) is 0 Å². The van der Waals surface area contributed by atoms with Gasteiger partial charge in [-0.3, -0.25) is 9.48 Å². The van der Waals surface area contributed by atoms with Crippen LogP contribution < -0.4 is 10.5 Å². The smallest absolute Gasteiger partial charge is 0.387 e. The molecule has 11 heteroatoms. The summed E-state index contributed by atoms with van der Waals surface area (Å²) in [7, 11) is 0. The Morgan fingerprint density at radius 2 is 2.10 bits per heavy atom. The largest absolute Gasteiger partial charge is 0.434 e. The molecule has 1 aliphatic rings. The number of aromatic nitrogens is 4. The van der Waals surface area contributed by atoms with E-state index in [0.717, 1.165) is 12.8 Å². The van der Waals surface area contributed by atoms with Crippen molar-refractivity contribution in [1.29, 1.82) is 0 Å². The van der Waals surface area contributed by atoms with E-state index in [2.05, 4.69) is 14.9 Å². The minimum Gasteiger partial charge on any atom is -0.434 e. The summed E-state index contributed by atoms with van der Waals surface area (Å²) in [5.74, 6) is -0.169. The molecule has 3 heterocycles. The lowest BCUT2D eigenvalue weighted by atomic mass is 10.1. The first kappa shape index (κ1) is 21.3. The molecule has 0 aliphatic carbocycles. The second kappa shape index (κ2) is 9.03. The van der Waals surface area contributed by atoms with Gasteiger partial charge in [0, 0.05) is 42.1 Å². The van der Waals surface area contributed by atoms with E-state index in [9.17, 15) is 13.6 Å². The Bertz CT molecular complexity index is 1050. The molecular weight excluding hydrogens is 430 g/mol. The standard InChI is InChI=1S/C20H21ClF2N6O2/c21-13-2-3-17(31-20(22)23)15(10-13)19-16(29-7-1-6-25-29)11-28(26-19)12-18(30)27-8-4-14(24)5-9-27/h1-3,6-7,10-11,14,20H,4-5,8-9,12,24H2. The van der Waals surface area contributed by atoms with Gasteiger partial charge < -0.3 is 15.4 Å². The average molecular weight is 451 g/mol. The predicted octanol–water partition coefficient (Wildman–Crippen LogP) is 2.94. The number of benzene rings is 1. The minimum absolute atomic E-state index is 0.00485. The molecule has 0 spiro atoms. The highest BCUT2D eigenvalue weighted by molar-refractivity contribution is 6.31. The molecule has 1 aliphatic heterocycles. The maximum atomic E-state index is 12.9.